The molecule has 0 unspecified atom stereocenters. The van der Waals surface area contributed by atoms with Crippen LogP contribution in [0.4, 0.5) is 0 Å². The summed E-state index contributed by atoms with van der Waals surface area (Å²) in [5.74, 6) is 1.62. The Hall–Kier alpha value is -4.19. The van der Waals surface area contributed by atoms with Crippen molar-refractivity contribution in [2.75, 3.05) is 7.11 Å². The number of nitrogens with zero attached hydrogens (tertiary/aromatic N) is 2. The van der Waals surface area contributed by atoms with E-state index in [0.717, 1.165) is 11.1 Å². The van der Waals surface area contributed by atoms with Gasteiger partial charge in [0.15, 0.2) is 0 Å². The van der Waals surface area contributed by atoms with Gasteiger partial charge in [0, 0.05) is 29.8 Å². The molecule has 0 saturated carbocycles. The van der Waals surface area contributed by atoms with E-state index >= 15 is 0 Å². The molecule has 0 saturated heterocycles. The summed E-state index contributed by atoms with van der Waals surface area (Å²) in [6.07, 6.45) is 1.45. The van der Waals surface area contributed by atoms with E-state index in [0.29, 0.717) is 35.2 Å². The lowest BCUT2D eigenvalue weighted by atomic mass is 10.1. The Morgan fingerprint density at radius 3 is 2.41 bits per heavy atom. The standard InChI is InChI=1S/C26H23N3O3/c1-18-6-8-19(9-7-18)16-27-26(30)21-12-10-20(11-13-21)24-15-25(29-17-28-24)32-23-5-3-4-22(14-23)31-2/h3-15,17H,16H2,1-2H3,(H,27,30). The van der Waals surface area contributed by atoms with Crippen LogP contribution in [-0.4, -0.2) is 23.0 Å². The molecular formula is C26H23N3O3. The summed E-state index contributed by atoms with van der Waals surface area (Å²) in [6, 6.07) is 24.4. The zero-order chi connectivity index (χ0) is 22.3. The minimum absolute atomic E-state index is 0.123. The highest BCUT2D eigenvalue weighted by molar-refractivity contribution is 5.94. The topological polar surface area (TPSA) is 73.3 Å². The van der Waals surface area contributed by atoms with Crippen molar-refractivity contribution in [1.29, 1.82) is 0 Å². The molecule has 1 aromatic heterocycles. The molecule has 6 heteroatoms. The number of ether oxygens (including phenoxy) is 2. The van der Waals surface area contributed by atoms with Gasteiger partial charge in [0.1, 0.15) is 17.8 Å². The van der Waals surface area contributed by atoms with Crippen LogP contribution in [0.1, 0.15) is 21.5 Å². The number of aryl methyl sites for hydroxylation is 1. The molecule has 0 aliphatic carbocycles. The van der Waals surface area contributed by atoms with Crippen molar-refractivity contribution >= 4 is 5.91 Å². The first-order valence-electron chi connectivity index (χ1n) is 10.2. The van der Waals surface area contributed by atoms with Gasteiger partial charge >= 0.3 is 0 Å². The molecule has 32 heavy (non-hydrogen) atoms. The molecule has 0 atom stereocenters. The van der Waals surface area contributed by atoms with Crippen molar-refractivity contribution < 1.29 is 14.3 Å². The quantitative estimate of drug-likeness (QED) is 0.441. The van der Waals surface area contributed by atoms with E-state index in [2.05, 4.69) is 15.3 Å². The number of amides is 1. The monoisotopic (exact) mass is 425 g/mol. The maximum atomic E-state index is 12.5. The van der Waals surface area contributed by atoms with Crippen LogP contribution in [0.5, 0.6) is 17.4 Å². The van der Waals surface area contributed by atoms with Crippen molar-refractivity contribution in [3.8, 4) is 28.6 Å². The SMILES string of the molecule is COc1cccc(Oc2cc(-c3ccc(C(=O)NCc4ccc(C)cc4)cc3)ncn2)c1. The van der Waals surface area contributed by atoms with Gasteiger partial charge in [-0.3, -0.25) is 4.79 Å². The van der Waals surface area contributed by atoms with Crippen LogP contribution >= 0.6 is 0 Å². The van der Waals surface area contributed by atoms with E-state index in [9.17, 15) is 4.79 Å². The van der Waals surface area contributed by atoms with E-state index in [4.69, 9.17) is 9.47 Å². The lowest BCUT2D eigenvalue weighted by molar-refractivity contribution is 0.0951. The van der Waals surface area contributed by atoms with Gasteiger partial charge in [0.2, 0.25) is 5.88 Å². The Kier molecular flexibility index (Phi) is 6.41. The Morgan fingerprint density at radius 2 is 1.66 bits per heavy atom. The Morgan fingerprint density at radius 1 is 0.906 bits per heavy atom. The second-order valence-electron chi connectivity index (χ2n) is 7.27. The molecular weight excluding hydrogens is 402 g/mol. The van der Waals surface area contributed by atoms with Crippen molar-refractivity contribution in [3.05, 3.63) is 102 Å². The van der Waals surface area contributed by atoms with Crippen molar-refractivity contribution in [2.45, 2.75) is 13.5 Å². The molecule has 4 rings (SSSR count). The molecule has 0 radical (unpaired) electrons. The highest BCUT2D eigenvalue weighted by Crippen LogP contribution is 2.26. The van der Waals surface area contributed by atoms with Gasteiger partial charge in [0.25, 0.3) is 5.91 Å². The number of carbonyl (C=O) groups excluding carboxylic acids is 1. The molecule has 1 amide bonds. The van der Waals surface area contributed by atoms with Gasteiger partial charge < -0.3 is 14.8 Å². The fraction of sp³-hybridized carbons (Fsp3) is 0.115. The van der Waals surface area contributed by atoms with Crippen LogP contribution < -0.4 is 14.8 Å². The minimum Gasteiger partial charge on any atom is -0.497 e. The Bertz CT molecular complexity index is 1210. The number of methoxy groups -OCH3 is 1. The molecule has 0 aliphatic rings. The van der Waals surface area contributed by atoms with Crippen molar-refractivity contribution in [3.63, 3.8) is 0 Å². The van der Waals surface area contributed by atoms with E-state index in [1.807, 2.05) is 61.5 Å². The van der Waals surface area contributed by atoms with Gasteiger partial charge in [-0.15, -0.1) is 0 Å². The van der Waals surface area contributed by atoms with Crippen LogP contribution in [0.15, 0.2) is 85.2 Å². The predicted octanol–water partition coefficient (Wildman–Crippen LogP) is 5.18. The van der Waals surface area contributed by atoms with Crippen molar-refractivity contribution in [2.24, 2.45) is 0 Å². The highest BCUT2D eigenvalue weighted by atomic mass is 16.5. The van der Waals surface area contributed by atoms with E-state index in [1.54, 1.807) is 31.4 Å². The fourth-order valence-electron chi connectivity index (χ4n) is 3.12. The summed E-state index contributed by atoms with van der Waals surface area (Å²) in [6.45, 7) is 2.52. The van der Waals surface area contributed by atoms with Crippen molar-refractivity contribution in [1.82, 2.24) is 15.3 Å². The molecule has 0 bridgehead atoms. The number of rotatable bonds is 7. The molecule has 0 aliphatic heterocycles. The lowest BCUT2D eigenvalue weighted by Crippen LogP contribution is -2.22. The van der Waals surface area contributed by atoms with Gasteiger partial charge in [-0.1, -0.05) is 48.0 Å². The Balaban J connectivity index is 1.42. The average molecular weight is 425 g/mol. The van der Waals surface area contributed by atoms with Crippen LogP contribution in [0.2, 0.25) is 0 Å². The van der Waals surface area contributed by atoms with Crippen LogP contribution in [0, 0.1) is 6.92 Å². The normalized spacial score (nSPS) is 10.4. The third-order valence-electron chi connectivity index (χ3n) is 4.92. The van der Waals surface area contributed by atoms with E-state index < -0.39 is 0 Å². The molecule has 160 valence electrons. The summed E-state index contributed by atoms with van der Waals surface area (Å²) in [4.78, 5) is 21.0. The van der Waals surface area contributed by atoms with E-state index in [-0.39, 0.29) is 5.91 Å². The number of hydrogen-bond donors (Lipinski definition) is 1. The minimum atomic E-state index is -0.123. The maximum Gasteiger partial charge on any atom is 0.251 e. The van der Waals surface area contributed by atoms with E-state index in [1.165, 1.54) is 11.9 Å². The Labute approximate surface area is 186 Å². The maximum absolute atomic E-state index is 12.5. The summed E-state index contributed by atoms with van der Waals surface area (Å²) in [5.41, 5.74) is 4.40. The lowest BCUT2D eigenvalue weighted by Gasteiger charge is -2.09. The first-order valence-corrected chi connectivity index (χ1v) is 10.2. The predicted molar refractivity (Wildman–Crippen MR) is 123 cm³/mol. The summed E-state index contributed by atoms with van der Waals surface area (Å²) in [7, 11) is 1.61. The number of benzene rings is 3. The first-order chi connectivity index (χ1) is 15.6. The molecule has 3 aromatic carbocycles. The number of hydrogen-bond acceptors (Lipinski definition) is 5. The molecule has 1 N–H and O–H groups in total. The van der Waals surface area contributed by atoms with Crippen LogP contribution in [0.25, 0.3) is 11.3 Å². The van der Waals surface area contributed by atoms with Gasteiger partial charge in [0.05, 0.1) is 12.8 Å². The largest absolute Gasteiger partial charge is 0.497 e. The average Bonchev–Trinajstić information content (AvgIpc) is 2.84. The number of carbonyl (C=O) groups is 1. The highest BCUT2D eigenvalue weighted by Gasteiger charge is 2.08. The van der Waals surface area contributed by atoms with Gasteiger partial charge in [-0.25, -0.2) is 9.97 Å². The van der Waals surface area contributed by atoms with Gasteiger partial charge in [-0.05, 0) is 36.8 Å². The summed E-state index contributed by atoms with van der Waals surface area (Å²) in [5, 5.41) is 2.94. The van der Waals surface area contributed by atoms with Crippen LogP contribution in [0.3, 0.4) is 0 Å². The molecule has 0 fully saturated rings. The smallest absolute Gasteiger partial charge is 0.251 e. The second-order valence-corrected chi connectivity index (χ2v) is 7.27. The summed E-state index contributed by atoms with van der Waals surface area (Å²) < 4.78 is 11.0. The fourth-order valence-corrected chi connectivity index (χ4v) is 3.12. The molecule has 1 heterocycles. The second kappa shape index (κ2) is 9.75. The molecule has 6 nitrogen and oxygen atoms in total. The zero-order valence-electron chi connectivity index (χ0n) is 17.9. The number of aromatic nitrogens is 2. The zero-order valence-corrected chi connectivity index (χ0v) is 17.9. The third kappa shape index (κ3) is 5.29. The molecule has 0 spiro atoms. The summed E-state index contributed by atoms with van der Waals surface area (Å²) >= 11 is 0. The van der Waals surface area contributed by atoms with Gasteiger partial charge in [-0.2, -0.15) is 0 Å². The molecule has 4 aromatic rings. The first kappa shape index (κ1) is 21.1. The van der Waals surface area contributed by atoms with Crippen LogP contribution in [-0.2, 0) is 6.54 Å². The number of nitrogens with one attached hydrogen (secondary N) is 1. The third-order valence-corrected chi connectivity index (χ3v) is 4.92.